The van der Waals surface area contributed by atoms with Crippen LogP contribution in [0.5, 0.6) is 0 Å². The van der Waals surface area contributed by atoms with Crippen LogP contribution in [0, 0.1) is 29.6 Å². The molecule has 98 valence electrons. The van der Waals surface area contributed by atoms with Crippen LogP contribution >= 0.6 is 0 Å². The van der Waals surface area contributed by atoms with E-state index in [1.54, 1.807) is 0 Å². The molecular weight excluding hydrogens is 212 g/mol. The number of hydrogen-bond donors (Lipinski definition) is 0. The molecule has 0 amide bonds. The number of esters is 1. The van der Waals surface area contributed by atoms with Crippen molar-refractivity contribution in [3.63, 3.8) is 0 Å². The van der Waals surface area contributed by atoms with Crippen LogP contribution in [0.2, 0.25) is 0 Å². The largest absolute Gasteiger partial charge is 0.462 e. The van der Waals surface area contributed by atoms with Crippen LogP contribution in [0.4, 0.5) is 0 Å². The first-order chi connectivity index (χ1) is 7.99. The molecule has 2 rings (SSSR count). The predicted molar refractivity (Wildman–Crippen MR) is 68.5 cm³/mol. The van der Waals surface area contributed by atoms with E-state index in [4.69, 9.17) is 4.74 Å². The first kappa shape index (κ1) is 12.9. The summed E-state index contributed by atoms with van der Waals surface area (Å²) in [6.07, 6.45) is 4.79. The summed E-state index contributed by atoms with van der Waals surface area (Å²) >= 11 is 0. The second-order valence-electron chi connectivity index (χ2n) is 6.62. The minimum Gasteiger partial charge on any atom is -0.462 e. The highest BCUT2D eigenvalue weighted by molar-refractivity contribution is 5.75. The lowest BCUT2D eigenvalue weighted by molar-refractivity contribution is -0.157. The molecule has 2 fully saturated rings. The van der Waals surface area contributed by atoms with Gasteiger partial charge < -0.3 is 4.74 Å². The molecule has 0 aromatic heterocycles. The molecule has 0 aliphatic heterocycles. The summed E-state index contributed by atoms with van der Waals surface area (Å²) in [6.45, 7) is 8.91. The average molecular weight is 238 g/mol. The van der Waals surface area contributed by atoms with E-state index < -0.39 is 0 Å². The number of hydrogen-bond acceptors (Lipinski definition) is 2. The van der Waals surface area contributed by atoms with E-state index >= 15 is 0 Å². The molecular formula is C15H26O2. The molecule has 17 heavy (non-hydrogen) atoms. The van der Waals surface area contributed by atoms with E-state index in [2.05, 4.69) is 27.7 Å². The van der Waals surface area contributed by atoms with Gasteiger partial charge in [0.2, 0.25) is 0 Å². The fourth-order valence-electron chi connectivity index (χ4n) is 3.14. The van der Waals surface area contributed by atoms with Crippen molar-refractivity contribution in [2.75, 3.05) is 0 Å². The molecule has 0 spiro atoms. The van der Waals surface area contributed by atoms with Crippen molar-refractivity contribution < 1.29 is 9.53 Å². The van der Waals surface area contributed by atoms with E-state index in [-0.39, 0.29) is 18.0 Å². The zero-order valence-corrected chi connectivity index (χ0v) is 11.6. The molecule has 2 aliphatic carbocycles. The third-order valence-corrected chi connectivity index (χ3v) is 4.64. The van der Waals surface area contributed by atoms with Crippen LogP contribution in [-0.4, -0.2) is 12.1 Å². The normalized spacial score (nSPS) is 41.4. The van der Waals surface area contributed by atoms with E-state index in [0.717, 1.165) is 12.8 Å². The Labute approximate surface area is 105 Å². The predicted octanol–water partition coefficient (Wildman–Crippen LogP) is 3.65. The molecule has 0 radical (unpaired) electrons. The van der Waals surface area contributed by atoms with Gasteiger partial charge in [0.15, 0.2) is 0 Å². The SMILES string of the molecule is CC1CCC(C(C)C)C(OC(=O)[C@@H]2CC2C)C1. The lowest BCUT2D eigenvalue weighted by Gasteiger charge is -2.36. The molecule has 0 saturated heterocycles. The van der Waals surface area contributed by atoms with Gasteiger partial charge in [-0.25, -0.2) is 0 Å². The Balaban J connectivity index is 1.92. The van der Waals surface area contributed by atoms with Crippen LogP contribution in [0.15, 0.2) is 0 Å². The van der Waals surface area contributed by atoms with Gasteiger partial charge in [0.25, 0.3) is 0 Å². The lowest BCUT2D eigenvalue weighted by atomic mass is 9.75. The van der Waals surface area contributed by atoms with Gasteiger partial charge in [-0.3, -0.25) is 4.79 Å². The van der Waals surface area contributed by atoms with E-state index in [9.17, 15) is 4.79 Å². The summed E-state index contributed by atoms with van der Waals surface area (Å²) in [5.41, 5.74) is 0. The van der Waals surface area contributed by atoms with Gasteiger partial charge >= 0.3 is 5.97 Å². The van der Waals surface area contributed by atoms with Gasteiger partial charge in [-0.15, -0.1) is 0 Å². The second-order valence-corrected chi connectivity index (χ2v) is 6.62. The third kappa shape index (κ3) is 3.02. The molecule has 2 heteroatoms. The van der Waals surface area contributed by atoms with Crippen molar-refractivity contribution >= 4 is 5.97 Å². The second kappa shape index (κ2) is 4.99. The Hall–Kier alpha value is -0.530. The first-order valence-corrected chi connectivity index (χ1v) is 7.19. The van der Waals surface area contributed by atoms with Gasteiger partial charge in [0, 0.05) is 0 Å². The zero-order chi connectivity index (χ0) is 12.6. The highest BCUT2D eigenvalue weighted by atomic mass is 16.5. The Bertz CT molecular complexity index is 285. The molecule has 2 nitrogen and oxygen atoms in total. The number of ether oxygens (including phenoxy) is 1. The Morgan fingerprint density at radius 1 is 1.18 bits per heavy atom. The topological polar surface area (TPSA) is 26.3 Å². The quantitative estimate of drug-likeness (QED) is 0.702. The first-order valence-electron chi connectivity index (χ1n) is 7.19. The highest BCUT2D eigenvalue weighted by Crippen LogP contribution is 2.41. The summed E-state index contributed by atoms with van der Waals surface area (Å²) in [5, 5.41) is 0. The van der Waals surface area contributed by atoms with Gasteiger partial charge in [0.05, 0.1) is 5.92 Å². The summed E-state index contributed by atoms with van der Waals surface area (Å²) in [5.74, 6) is 2.74. The highest BCUT2D eigenvalue weighted by Gasteiger charge is 2.43. The average Bonchev–Trinajstić information content (AvgIpc) is 2.95. The Morgan fingerprint density at radius 3 is 2.35 bits per heavy atom. The van der Waals surface area contributed by atoms with Crippen LogP contribution in [0.1, 0.15) is 53.4 Å². The molecule has 4 unspecified atom stereocenters. The Kier molecular flexibility index (Phi) is 3.79. The third-order valence-electron chi connectivity index (χ3n) is 4.64. The van der Waals surface area contributed by atoms with Crippen LogP contribution in [-0.2, 0) is 9.53 Å². The summed E-state index contributed by atoms with van der Waals surface area (Å²) in [4.78, 5) is 11.9. The van der Waals surface area contributed by atoms with Crippen molar-refractivity contribution in [1.82, 2.24) is 0 Å². The monoisotopic (exact) mass is 238 g/mol. The molecule has 0 aromatic carbocycles. The molecule has 2 saturated carbocycles. The molecule has 0 bridgehead atoms. The van der Waals surface area contributed by atoms with Gasteiger partial charge in [0.1, 0.15) is 6.10 Å². The van der Waals surface area contributed by atoms with Crippen molar-refractivity contribution in [3.8, 4) is 0 Å². The number of rotatable bonds is 3. The molecule has 5 atom stereocenters. The van der Waals surface area contributed by atoms with Crippen LogP contribution in [0.25, 0.3) is 0 Å². The number of carbonyl (C=O) groups excluding carboxylic acids is 1. The lowest BCUT2D eigenvalue weighted by Crippen LogP contribution is -2.36. The summed E-state index contributed by atoms with van der Waals surface area (Å²) in [6, 6.07) is 0. The maximum absolute atomic E-state index is 11.9. The fourth-order valence-corrected chi connectivity index (χ4v) is 3.14. The molecule has 0 aromatic rings. The van der Waals surface area contributed by atoms with E-state index in [1.165, 1.54) is 12.8 Å². The van der Waals surface area contributed by atoms with Crippen LogP contribution in [0.3, 0.4) is 0 Å². The van der Waals surface area contributed by atoms with Crippen LogP contribution < -0.4 is 0 Å². The van der Waals surface area contributed by atoms with Gasteiger partial charge in [-0.05, 0) is 42.9 Å². The number of carbonyl (C=O) groups is 1. The Morgan fingerprint density at radius 2 is 1.82 bits per heavy atom. The zero-order valence-electron chi connectivity index (χ0n) is 11.6. The van der Waals surface area contributed by atoms with Gasteiger partial charge in [-0.1, -0.05) is 34.1 Å². The van der Waals surface area contributed by atoms with Crippen molar-refractivity contribution in [2.24, 2.45) is 29.6 Å². The van der Waals surface area contributed by atoms with Crippen molar-refractivity contribution in [2.45, 2.75) is 59.5 Å². The van der Waals surface area contributed by atoms with E-state index in [0.29, 0.717) is 23.7 Å². The fraction of sp³-hybridized carbons (Fsp3) is 0.933. The molecule has 2 aliphatic rings. The maximum atomic E-state index is 11.9. The minimum atomic E-state index is 0.0715. The summed E-state index contributed by atoms with van der Waals surface area (Å²) in [7, 11) is 0. The summed E-state index contributed by atoms with van der Waals surface area (Å²) < 4.78 is 5.79. The minimum absolute atomic E-state index is 0.0715. The van der Waals surface area contributed by atoms with Crippen molar-refractivity contribution in [1.29, 1.82) is 0 Å². The van der Waals surface area contributed by atoms with Gasteiger partial charge in [-0.2, -0.15) is 0 Å². The van der Waals surface area contributed by atoms with E-state index in [1.807, 2.05) is 0 Å². The van der Waals surface area contributed by atoms with Crippen molar-refractivity contribution in [3.05, 3.63) is 0 Å². The molecule has 0 N–H and O–H groups in total. The smallest absolute Gasteiger partial charge is 0.309 e. The standard InChI is InChI=1S/C15H26O2/c1-9(2)12-6-5-10(3)7-14(12)17-15(16)13-8-11(13)4/h9-14H,5-8H2,1-4H3/t10?,11?,12?,13-,14?/m1/s1. The maximum Gasteiger partial charge on any atom is 0.309 e. The molecule has 0 heterocycles.